The van der Waals surface area contributed by atoms with Gasteiger partial charge >= 0.3 is 0 Å². The van der Waals surface area contributed by atoms with Gasteiger partial charge in [0.2, 0.25) is 0 Å². The molecule has 26 heavy (non-hydrogen) atoms. The molecule has 3 aromatic rings. The van der Waals surface area contributed by atoms with Gasteiger partial charge in [-0.15, -0.1) is 5.10 Å². The molecular weight excluding hydrogens is 336 g/mol. The van der Waals surface area contributed by atoms with Gasteiger partial charge in [-0.2, -0.15) is 5.10 Å². The van der Waals surface area contributed by atoms with Gasteiger partial charge in [0.25, 0.3) is 0 Å². The summed E-state index contributed by atoms with van der Waals surface area (Å²) in [5.41, 5.74) is 2.32. The minimum absolute atomic E-state index is 0.126. The fourth-order valence-corrected chi connectivity index (χ4v) is 5.19. The van der Waals surface area contributed by atoms with E-state index in [4.69, 9.17) is 4.52 Å². The topological polar surface area (TPSA) is 51.8 Å². The van der Waals surface area contributed by atoms with Gasteiger partial charge < -0.3 is 4.52 Å². The van der Waals surface area contributed by atoms with Crippen molar-refractivity contribution in [2.45, 2.75) is 38.0 Å². The second-order valence-electron chi connectivity index (χ2n) is 7.73. The Morgan fingerprint density at radius 2 is 1.88 bits per heavy atom. The van der Waals surface area contributed by atoms with Crippen LogP contribution in [-0.2, 0) is 5.41 Å². The van der Waals surface area contributed by atoms with Crippen LogP contribution in [0.3, 0.4) is 0 Å². The first-order valence-corrected chi connectivity index (χ1v) is 8.70. The number of hydrogen-bond donors (Lipinski definition) is 0. The van der Waals surface area contributed by atoms with Gasteiger partial charge in [-0.1, -0.05) is 25.1 Å². The summed E-state index contributed by atoms with van der Waals surface area (Å²) in [7, 11) is 0. The number of fused-ring (bicyclic) bond motifs is 5. The van der Waals surface area contributed by atoms with Crippen LogP contribution in [0.25, 0.3) is 11.3 Å². The number of nitrogens with zero attached hydrogens (tertiary/aromatic N) is 3. The SMILES string of the molecule is CC1(C)C2CC[C@]1(c1ccon1)c1nnc(-c3c(F)cccc3F)cc12. The third-order valence-corrected chi connectivity index (χ3v) is 6.48. The van der Waals surface area contributed by atoms with E-state index in [2.05, 4.69) is 29.2 Å². The Balaban J connectivity index is 1.74. The molecule has 6 heteroatoms. The van der Waals surface area contributed by atoms with Crippen molar-refractivity contribution in [1.29, 1.82) is 0 Å². The quantitative estimate of drug-likeness (QED) is 0.675. The second kappa shape index (κ2) is 4.96. The Morgan fingerprint density at radius 3 is 2.58 bits per heavy atom. The summed E-state index contributed by atoms with van der Waals surface area (Å²) in [5, 5.41) is 12.9. The maximum absolute atomic E-state index is 14.2. The van der Waals surface area contributed by atoms with E-state index in [0.717, 1.165) is 29.8 Å². The molecule has 1 aromatic carbocycles. The summed E-state index contributed by atoms with van der Waals surface area (Å²) in [6.07, 6.45) is 3.45. The smallest absolute Gasteiger partial charge is 0.135 e. The highest BCUT2D eigenvalue weighted by Gasteiger charge is 2.65. The Kier molecular flexibility index (Phi) is 2.98. The average molecular weight is 353 g/mol. The lowest BCUT2D eigenvalue weighted by Gasteiger charge is -2.35. The van der Waals surface area contributed by atoms with Crippen molar-refractivity contribution in [3.63, 3.8) is 0 Å². The first-order chi connectivity index (χ1) is 12.5. The molecule has 0 radical (unpaired) electrons. The van der Waals surface area contributed by atoms with Gasteiger partial charge in [0.05, 0.1) is 28.1 Å². The first kappa shape index (κ1) is 15.6. The van der Waals surface area contributed by atoms with Crippen molar-refractivity contribution in [1.82, 2.24) is 15.4 Å². The van der Waals surface area contributed by atoms with Gasteiger partial charge in [-0.25, -0.2) is 8.78 Å². The third kappa shape index (κ3) is 1.69. The fraction of sp³-hybridized carbons (Fsp3) is 0.350. The molecule has 1 unspecified atom stereocenters. The van der Waals surface area contributed by atoms with Crippen LogP contribution in [0.5, 0.6) is 0 Å². The van der Waals surface area contributed by atoms with Crippen molar-refractivity contribution < 1.29 is 13.3 Å². The zero-order chi connectivity index (χ0) is 18.1. The highest BCUT2D eigenvalue weighted by atomic mass is 19.1. The van der Waals surface area contributed by atoms with E-state index in [-0.39, 0.29) is 28.0 Å². The van der Waals surface area contributed by atoms with E-state index in [9.17, 15) is 8.78 Å². The average Bonchev–Trinajstić information content (AvgIpc) is 3.26. The maximum Gasteiger partial charge on any atom is 0.135 e. The third-order valence-electron chi connectivity index (χ3n) is 6.48. The first-order valence-electron chi connectivity index (χ1n) is 8.70. The molecule has 132 valence electrons. The van der Waals surface area contributed by atoms with Crippen molar-refractivity contribution in [3.05, 3.63) is 65.2 Å². The zero-order valence-corrected chi connectivity index (χ0v) is 14.5. The van der Waals surface area contributed by atoms with E-state index in [1.54, 1.807) is 12.3 Å². The normalized spacial score (nSPS) is 25.5. The predicted molar refractivity (Wildman–Crippen MR) is 90.4 cm³/mol. The summed E-state index contributed by atoms with van der Waals surface area (Å²) in [6, 6.07) is 7.50. The van der Waals surface area contributed by atoms with Crippen molar-refractivity contribution in [3.8, 4) is 11.3 Å². The molecule has 2 bridgehead atoms. The van der Waals surface area contributed by atoms with Crippen LogP contribution in [-0.4, -0.2) is 15.4 Å². The van der Waals surface area contributed by atoms with Crippen LogP contribution in [0.1, 0.15) is 49.6 Å². The second-order valence-corrected chi connectivity index (χ2v) is 7.73. The van der Waals surface area contributed by atoms with Gasteiger partial charge in [-0.05, 0) is 47.9 Å². The van der Waals surface area contributed by atoms with Crippen molar-refractivity contribution in [2.75, 3.05) is 0 Å². The van der Waals surface area contributed by atoms with E-state index in [0.29, 0.717) is 0 Å². The molecule has 4 nitrogen and oxygen atoms in total. The summed E-state index contributed by atoms with van der Waals surface area (Å²) in [4.78, 5) is 0. The Labute approximate surface area is 149 Å². The van der Waals surface area contributed by atoms with Crippen molar-refractivity contribution >= 4 is 0 Å². The molecular formula is C20H17F2N3O. The molecule has 0 aliphatic heterocycles. The lowest BCUT2D eigenvalue weighted by molar-refractivity contribution is 0.234. The Morgan fingerprint density at radius 1 is 1.12 bits per heavy atom. The van der Waals surface area contributed by atoms with Crippen LogP contribution in [0.15, 0.2) is 41.1 Å². The van der Waals surface area contributed by atoms with Gasteiger partial charge in [-0.3, -0.25) is 0 Å². The molecule has 0 N–H and O–H groups in total. The molecule has 2 aromatic heterocycles. The molecule has 0 amide bonds. The van der Waals surface area contributed by atoms with Crippen LogP contribution in [0.2, 0.25) is 0 Å². The lowest BCUT2D eigenvalue weighted by Crippen LogP contribution is -2.37. The van der Waals surface area contributed by atoms with E-state index in [1.807, 2.05) is 6.07 Å². The van der Waals surface area contributed by atoms with E-state index >= 15 is 0 Å². The number of rotatable bonds is 2. The molecule has 1 fully saturated rings. The summed E-state index contributed by atoms with van der Waals surface area (Å²) in [6.45, 7) is 4.40. The zero-order valence-electron chi connectivity index (χ0n) is 14.5. The highest BCUT2D eigenvalue weighted by Crippen LogP contribution is 2.69. The molecule has 1 saturated carbocycles. The molecule has 2 aliphatic rings. The predicted octanol–water partition coefficient (Wildman–Crippen LogP) is 4.61. The fourth-order valence-electron chi connectivity index (χ4n) is 5.19. The van der Waals surface area contributed by atoms with Crippen LogP contribution >= 0.6 is 0 Å². The van der Waals surface area contributed by atoms with Crippen LogP contribution in [0.4, 0.5) is 8.78 Å². The van der Waals surface area contributed by atoms with Gasteiger partial charge in [0.15, 0.2) is 0 Å². The largest absolute Gasteiger partial charge is 0.364 e. The minimum Gasteiger partial charge on any atom is -0.364 e. The number of hydrogen-bond acceptors (Lipinski definition) is 4. The van der Waals surface area contributed by atoms with Gasteiger partial charge in [0, 0.05) is 6.07 Å². The Bertz CT molecular complexity index is 996. The molecule has 0 spiro atoms. The van der Waals surface area contributed by atoms with Crippen LogP contribution in [0, 0.1) is 17.0 Å². The number of aromatic nitrogens is 3. The van der Waals surface area contributed by atoms with Crippen molar-refractivity contribution in [2.24, 2.45) is 5.41 Å². The molecule has 2 aliphatic carbocycles. The number of halogens is 2. The standard InChI is InChI=1S/C20H17F2N3O/c1-19(2)12-6-8-20(19,16-7-9-26-25-16)18-11(12)10-15(23-24-18)17-13(21)4-3-5-14(17)22/h3-5,7,9-10,12H,6,8H2,1-2H3/t12?,20-/m0/s1. The summed E-state index contributed by atoms with van der Waals surface area (Å²) < 4.78 is 33.5. The maximum atomic E-state index is 14.2. The Hall–Kier alpha value is -2.63. The van der Waals surface area contributed by atoms with E-state index in [1.165, 1.54) is 18.2 Å². The minimum atomic E-state index is -0.632. The number of benzene rings is 1. The van der Waals surface area contributed by atoms with E-state index < -0.39 is 11.6 Å². The summed E-state index contributed by atoms with van der Waals surface area (Å²) >= 11 is 0. The molecule has 2 heterocycles. The molecule has 2 atom stereocenters. The summed E-state index contributed by atoms with van der Waals surface area (Å²) in [5.74, 6) is -1.03. The van der Waals surface area contributed by atoms with Crippen LogP contribution < -0.4 is 0 Å². The lowest BCUT2D eigenvalue weighted by atomic mass is 9.66. The van der Waals surface area contributed by atoms with Gasteiger partial charge in [0.1, 0.15) is 17.9 Å². The highest BCUT2D eigenvalue weighted by molar-refractivity contribution is 5.64. The molecule has 0 saturated heterocycles. The molecule has 5 rings (SSSR count). The monoisotopic (exact) mass is 353 g/mol.